The molecule has 0 aliphatic carbocycles. The van der Waals surface area contributed by atoms with Gasteiger partial charge in [-0.15, -0.1) is 0 Å². The highest BCUT2D eigenvalue weighted by atomic mass is 15.2. The van der Waals surface area contributed by atoms with E-state index in [9.17, 15) is 0 Å². The lowest BCUT2D eigenvalue weighted by atomic mass is 9.97. The standard InChI is InChI=1S/C12H28N2/c1-8-12(4,5)14(7)9-11(13-6)10(2)3/h10-11,13H,8-9H2,1-7H3. The second-order valence-corrected chi connectivity index (χ2v) is 5.19. The third kappa shape index (κ3) is 3.97. The molecule has 86 valence electrons. The topological polar surface area (TPSA) is 15.3 Å². The molecule has 0 saturated carbocycles. The van der Waals surface area contributed by atoms with Gasteiger partial charge in [0.05, 0.1) is 0 Å². The summed E-state index contributed by atoms with van der Waals surface area (Å²) in [7, 11) is 4.27. The molecule has 2 nitrogen and oxygen atoms in total. The Morgan fingerprint density at radius 2 is 1.79 bits per heavy atom. The fourth-order valence-electron chi connectivity index (χ4n) is 1.45. The number of likely N-dealkylation sites (N-methyl/N-ethyl adjacent to an activating group) is 2. The Balaban J connectivity index is 4.21. The summed E-state index contributed by atoms with van der Waals surface area (Å²) in [5.41, 5.74) is 0.310. The molecule has 0 fully saturated rings. The highest BCUT2D eigenvalue weighted by Crippen LogP contribution is 2.17. The first-order valence-electron chi connectivity index (χ1n) is 5.73. The summed E-state index contributed by atoms with van der Waals surface area (Å²) in [4.78, 5) is 2.45. The first-order chi connectivity index (χ1) is 6.35. The number of nitrogens with zero attached hydrogens (tertiary/aromatic N) is 1. The van der Waals surface area contributed by atoms with E-state index in [-0.39, 0.29) is 0 Å². The maximum absolute atomic E-state index is 3.39. The van der Waals surface area contributed by atoms with Gasteiger partial charge in [0.15, 0.2) is 0 Å². The molecule has 0 aromatic rings. The van der Waals surface area contributed by atoms with Crippen molar-refractivity contribution in [1.29, 1.82) is 0 Å². The van der Waals surface area contributed by atoms with Gasteiger partial charge in [0.2, 0.25) is 0 Å². The van der Waals surface area contributed by atoms with Crippen LogP contribution in [0.1, 0.15) is 41.0 Å². The van der Waals surface area contributed by atoms with Gasteiger partial charge in [0, 0.05) is 18.1 Å². The molecule has 14 heavy (non-hydrogen) atoms. The lowest BCUT2D eigenvalue weighted by molar-refractivity contribution is 0.127. The predicted octanol–water partition coefficient (Wildman–Crippen LogP) is 2.35. The quantitative estimate of drug-likeness (QED) is 0.708. The van der Waals surface area contributed by atoms with Gasteiger partial charge in [-0.25, -0.2) is 0 Å². The molecule has 0 aromatic heterocycles. The molecule has 0 radical (unpaired) electrons. The molecule has 0 spiro atoms. The molecule has 0 rings (SSSR count). The molecular formula is C12H28N2. The summed E-state index contributed by atoms with van der Waals surface area (Å²) in [6, 6.07) is 0.589. The zero-order valence-electron chi connectivity index (χ0n) is 11.0. The Morgan fingerprint density at radius 1 is 1.29 bits per heavy atom. The molecule has 0 amide bonds. The Morgan fingerprint density at radius 3 is 2.07 bits per heavy atom. The van der Waals surface area contributed by atoms with Crippen molar-refractivity contribution < 1.29 is 0 Å². The van der Waals surface area contributed by atoms with Gasteiger partial charge in [-0.05, 0) is 40.3 Å². The lowest BCUT2D eigenvalue weighted by Crippen LogP contribution is -2.49. The molecule has 0 bridgehead atoms. The lowest BCUT2D eigenvalue weighted by Gasteiger charge is -2.38. The molecule has 1 atom stereocenters. The van der Waals surface area contributed by atoms with Crippen LogP contribution in [0.2, 0.25) is 0 Å². The Bertz CT molecular complexity index is 152. The van der Waals surface area contributed by atoms with Crippen molar-refractivity contribution >= 4 is 0 Å². The van der Waals surface area contributed by atoms with Gasteiger partial charge in [0.1, 0.15) is 0 Å². The molecule has 0 aliphatic rings. The van der Waals surface area contributed by atoms with E-state index in [1.54, 1.807) is 0 Å². The summed E-state index contributed by atoms with van der Waals surface area (Å²) < 4.78 is 0. The van der Waals surface area contributed by atoms with Crippen LogP contribution in [0.3, 0.4) is 0 Å². The fourth-order valence-corrected chi connectivity index (χ4v) is 1.45. The van der Waals surface area contributed by atoms with Gasteiger partial charge in [0.25, 0.3) is 0 Å². The van der Waals surface area contributed by atoms with Crippen LogP contribution >= 0.6 is 0 Å². The smallest absolute Gasteiger partial charge is 0.0215 e. The molecular weight excluding hydrogens is 172 g/mol. The maximum atomic E-state index is 3.39. The zero-order valence-corrected chi connectivity index (χ0v) is 11.0. The summed E-state index contributed by atoms with van der Waals surface area (Å²) in [6.45, 7) is 12.5. The van der Waals surface area contributed by atoms with Gasteiger partial charge >= 0.3 is 0 Å². The summed E-state index contributed by atoms with van der Waals surface area (Å²) in [6.07, 6.45) is 1.19. The largest absolute Gasteiger partial charge is 0.315 e. The number of rotatable bonds is 6. The SMILES string of the molecule is CCC(C)(C)N(C)CC(NC)C(C)C. The predicted molar refractivity (Wildman–Crippen MR) is 64.7 cm³/mol. The minimum Gasteiger partial charge on any atom is -0.315 e. The summed E-state index contributed by atoms with van der Waals surface area (Å²) in [5.74, 6) is 0.690. The van der Waals surface area contributed by atoms with E-state index < -0.39 is 0 Å². The van der Waals surface area contributed by atoms with E-state index in [0.29, 0.717) is 17.5 Å². The van der Waals surface area contributed by atoms with Crippen molar-refractivity contribution in [2.24, 2.45) is 5.92 Å². The maximum Gasteiger partial charge on any atom is 0.0215 e. The van der Waals surface area contributed by atoms with E-state index in [0.717, 1.165) is 6.54 Å². The highest BCUT2D eigenvalue weighted by molar-refractivity contribution is 4.82. The van der Waals surface area contributed by atoms with Crippen molar-refractivity contribution in [3.05, 3.63) is 0 Å². The second-order valence-electron chi connectivity index (χ2n) is 5.19. The third-order valence-corrected chi connectivity index (χ3v) is 3.54. The molecule has 0 heterocycles. The van der Waals surface area contributed by atoms with Gasteiger partial charge in [-0.2, -0.15) is 0 Å². The number of nitrogens with one attached hydrogen (secondary N) is 1. The van der Waals surface area contributed by atoms with Crippen molar-refractivity contribution in [3.8, 4) is 0 Å². The Hall–Kier alpha value is -0.0800. The van der Waals surface area contributed by atoms with Crippen LogP contribution in [0.4, 0.5) is 0 Å². The first kappa shape index (κ1) is 13.9. The molecule has 0 saturated heterocycles. The van der Waals surface area contributed by atoms with Crippen LogP contribution in [0.5, 0.6) is 0 Å². The van der Waals surface area contributed by atoms with E-state index in [1.165, 1.54) is 6.42 Å². The highest BCUT2D eigenvalue weighted by Gasteiger charge is 2.24. The fraction of sp³-hybridized carbons (Fsp3) is 1.00. The summed E-state index contributed by atoms with van der Waals surface area (Å²) in [5, 5.41) is 3.39. The van der Waals surface area contributed by atoms with Gasteiger partial charge < -0.3 is 5.32 Å². The number of hydrogen-bond donors (Lipinski definition) is 1. The third-order valence-electron chi connectivity index (χ3n) is 3.54. The Kier molecular flexibility index (Phi) is 5.68. The summed E-state index contributed by atoms with van der Waals surface area (Å²) >= 11 is 0. The normalized spacial score (nSPS) is 15.2. The van der Waals surface area contributed by atoms with Crippen LogP contribution in [0, 0.1) is 5.92 Å². The minimum absolute atomic E-state index is 0.310. The average molecular weight is 200 g/mol. The number of hydrogen-bond acceptors (Lipinski definition) is 2. The van der Waals surface area contributed by atoms with Crippen LogP contribution in [0.15, 0.2) is 0 Å². The molecule has 0 aromatic carbocycles. The van der Waals surface area contributed by atoms with Gasteiger partial charge in [-0.3, -0.25) is 4.90 Å². The van der Waals surface area contributed by atoms with E-state index in [1.807, 2.05) is 0 Å². The minimum atomic E-state index is 0.310. The monoisotopic (exact) mass is 200 g/mol. The van der Waals surface area contributed by atoms with Crippen molar-refractivity contribution in [2.75, 3.05) is 20.6 Å². The second kappa shape index (κ2) is 5.72. The van der Waals surface area contributed by atoms with Crippen molar-refractivity contribution in [3.63, 3.8) is 0 Å². The van der Waals surface area contributed by atoms with E-state index >= 15 is 0 Å². The van der Waals surface area contributed by atoms with Crippen LogP contribution < -0.4 is 5.32 Å². The van der Waals surface area contributed by atoms with Crippen LogP contribution in [-0.4, -0.2) is 37.1 Å². The van der Waals surface area contributed by atoms with Crippen molar-refractivity contribution in [1.82, 2.24) is 10.2 Å². The molecule has 0 aliphatic heterocycles. The van der Waals surface area contributed by atoms with E-state index in [2.05, 4.69) is 58.9 Å². The average Bonchev–Trinajstić information content (AvgIpc) is 2.12. The van der Waals surface area contributed by atoms with Gasteiger partial charge in [-0.1, -0.05) is 20.8 Å². The zero-order chi connectivity index (χ0) is 11.4. The van der Waals surface area contributed by atoms with Crippen LogP contribution in [0.25, 0.3) is 0 Å². The molecule has 2 heteroatoms. The van der Waals surface area contributed by atoms with Crippen LogP contribution in [-0.2, 0) is 0 Å². The van der Waals surface area contributed by atoms with Crippen molar-refractivity contribution in [2.45, 2.75) is 52.6 Å². The molecule has 1 N–H and O–H groups in total. The first-order valence-corrected chi connectivity index (χ1v) is 5.73. The van der Waals surface area contributed by atoms with E-state index in [4.69, 9.17) is 0 Å². The Labute approximate surface area is 90.1 Å². The molecule has 1 unspecified atom stereocenters.